The monoisotopic (exact) mass is 162 g/mol. The number of carbonyl (C=O) groups is 1. The first-order valence-electron chi connectivity index (χ1n) is 3.04. The van der Waals surface area contributed by atoms with E-state index in [1.165, 1.54) is 13.2 Å². The van der Waals surface area contributed by atoms with E-state index in [1.807, 2.05) is 0 Å². The van der Waals surface area contributed by atoms with Gasteiger partial charge in [0.2, 0.25) is 6.17 Å². The zero-order chi connectivity index (χ0) is 8.85. The molecular formula is C7H11FO3. The van der Waals surface area contributed by atoms with Crippen molar-refractivity contribution in [2.75, 3.05) is 14.2 Å². The Bertz CT molecular complexity index is 147. The molecule has 11 heavy (non-hydrogen) atoms. The van der Waals surface area contributed by atoms with Crippen LogP contribution in [0.4, 0.5) is 4.39 Å². The molecule has 0 saturated carbocycles. The fraction of sp³-hybridized carbons (Fsp3) is 0.571. The molecule has 64 valence electrons. The van der Waals surface area contributed by atoms with Gasteiger partial charge in [-0.3, -0.25) is 0 Å². The molecule has 0 aliphatic rings. The first kappa shape index (κ1) is 10.1. The van der Waals surface area contributed by atoms with Crippen LogP contribution in [0.15, 0.2) is 12.7 Å². The number of hydrogen-bond donors (Lipinski definition) is 0. The van der Waals surface area contributed by atoms with E-state index >= 15 is 0 Å². The summed E-state index contributed by atoms with van der Waals surface area (Å²) >= 11 is 0. The minimum Gasteiger partial charge on any atom is -0.467 e. The summed E-state index contributed by atoms with van der Waals surface area (Å²) in [6.45, 7) is 3.30. The summed E-state index contributed by atoms with van der Waals surface area (Å²) in [5.74, 6) is -0.947. The zero-order valence-corrected chi connectivity index (χ0v) is 6.54. The lowest BCUT2D eigenvalue weighted by molar-refractivity contribution is -0.150. The van der Waals surface area contributed by atoms with E-state index in [0.717, 1.165) is 7.11 Å². The minimum atomic E-state index is -1.79. The molecule has 0 rings (SSSR count). The number of carbonyl (C=O) groups excluding carboxylic acids is 1. The molecular weight excluding hydrogens is 151 g/mol. The smallest absolute Gasteiger partial charge is 0.343 e. The zero-order valence-electron chi connectivity index (χ0n) is 6.54. The van der Waals surface area contributed by atoms with E-state index in [1.54, 1.807) is 0 Å². The summed E-state index contributed by atoms with van der Waals surface area (Å²) in [5, 5.41) is 0. The van der Waals surface area contributed by atoms with Crippen molar-refractivity contribution < 1.29 is 18.7 Å². The van der Waals surface area contributed by atoms with Crippen molar-refractivity contribution in [3.8, 4) is 0 Å². The molecule has 2 atom stereocenters. The largest absolute Gasteiger partial charge is 0.467 e. The number of ether oxygens (including phenoxy) is 2. The number of esters is 1. The molecule has 0 aromatic heterocycles. The third-order valence-corrected chi connectivity index (χ3v) is 1.22. The van der Waals surface area contributed by atoms with E-state index < -0.39 is 18.2 Å². The third-order valence-electron chi connectivity index (χ3n) is 1.22. The molecule has 0 N–H and O–H groups in total. The van der Waals surface area contributed by atoms with Crippen molar-refractivity contribution in [1.29, 1.82) is 0 Å². The van der Waals surface area contributed by atoms with Crippen LogP contribution >= 0.6 is 0 Å². The van der Waals surface area contributed by atoms with E-state index in [9.17, 15) is 9.18 Å². The van der Waals surface area contributed by atoms with E-state index in [0.29, 0.717) is 0 Å². The molecule has 0 amide bonds. The Balaban J connectivity index is 4.07. The molecule has 0 bridgehead atoms. The highest BCUT2D eigenvalue weighted by Gasteiger charge is 2.26. The Kier molecular flexibility index (Phi) is 4.45. The van der Waals surface area contributed by atoms with Crippen LogP contribution in [0.25, 0.3) is 0 Å². The quantitative estimate of drug-likeness (QED) is 0.451. The molecule has 0 aromatic carbocycles. The van der Waals surface area contributed by atoms with E-state index in [-0.39, 0.29) is 0 Å². The molecule has 0 aromatic rings. The predicted octanol–water partition coefficient (Wildman–Crippen LogP) is 0.699. The Morgan fingerprint density at radius 3 is 2.45 bits per heavy atom. The molecule has 0 aliphatic heterocycles. The first-order valence-corrected chi connectivity index (χ1v) is 3.04. The second-order valence-corrected chi connectivity index (χ2v) is 1.86. The minimum absolute atomic E-state index is 0.928. The maximum absolute atomic E-state index is 12.8. The fourth-order valence-corrected chi connectivity index (χ4v) is 0.582. The van der Waals surface area contributed by atoms with Crippen LogP contribution in [-0.2, 0) is 14.3 Å². The van der Waals surface area contributed by atoms with Gasteiger partial charge in [-0.05, 0) is 0 Å². The lowest BCUT2D eigenvalue weighted by Gasteiger charge is -2.12. The van der Waals surface area contributed by atoms with Gasteiger partial charge in [0.25, 0.3) is 0 Å². The second kappa shape index (κ2) is 4.85. The van der Waals surface area contributed by atoms with Crippen LogP contribution in [0.2, 0.25) is 0 Å². The SMILES string of the molecule is C=CC(OC)C(F)C(=O)OC. The summed E-state index contributed by atoms with van der Waals surface area (Å²) in [6.07, 6.45) is -1.51. The molecule has 0 radical (unpaired) electrons. The molecule has 2 unspecified atom stereocenters. The number of halogens is 1. The highest BCUT2D eigenvalue weighted by molar-refractivity contribution is 5.75. The average Bonchev–Trinajstić information content (AvgIpc) is 2.05. The van der Waals surface area contributed by atoms with Crippen molar-refractivity contribution in [3.63, 3.8) is 0 Å². The van der Waals surface area contributed by atoms with Gasteiger partial charge in [0.1, 0.15) is 6.10 Å². The van der Waals surface area contributed by atoms with Gasteiger partial charge in [-0.2, -0.15) is 0 Å². The Morgan fingerprint density at radius 2 is 2.18 bits per heavy atom. The molecule has 0 spiro atoms. The van der Waals surface area contributed by atoms with Gasteiger partial charge in [0.05, 0.1) is 7.11 Å². The molecule has 0 aliphatic carbocycles. The lowest BCUT2D eigenvalue weighted by Crippen LogP contribution is -2.30. The maximum Gasteiger partial charge on any atom is 0.343 e. The number of methoxy groups -OCH3 is 2. The van der Waals surface area contributed by atoms with Crippen molar-refractivity contribution >= 4 is 5.97 Å². The van der Waals surface area contributed by atoms with Gasteiger partial charge in [0, 0.05) is 7.11 Å². The normalized spacial score (nSPS) is 15.2. The summed E-state index contributed by atoms with van der Waals surface area (Å²) in [4.78, 5) is 10.5. The number of rotatable bonds is 4. The lowest BCUT2D eigenvalue weighted by atomic mass is 10.2. The summed E-state index contributed by atoms with van der Waals surface area (Å²) in [7, 11) is 2.41. The molecule has 3 nitrogen and oxygen atoms in total. The summed E-state index contributed by atoms with van der Waals surface area (Å²) in [6, 6.07) is 0. The van der Waals surface area contributed by atoms with Crippen LogP contribution < -0.4 is 0 Å². The van der Waals surface area contributed by atoms with Crippen molar-refractivity contribution in [2.24, 2.45) is 0 Å². The van der Waals surface area contributed by atoms with Gasteiger partial charge >= 0.3 is 5.97 Å². The highest BCUT2D eigenvalue weighted by atomic mass is 19.1. The number of hydrogen-bond acceptors (Lipinski definition) is 3. The number of alkyl halides is 1. The summed E-state index contributed by atoms with van der Waals surface area (Å²) in [5.41, 5.74) is 0. The average molecular weight is 162 g/mol. The topological polar surface area (TPSA) is 35.5 Å². The second-order valence-electron chi connectivity index (χ2n) is 1.86. The highest BCUT2D eigenvalue weighted by Crippen LogP contribution is 2.05. The van der Waals surface area contributed by atoms with Gasteiger partial charge < -0.3 is 9.47 Å². The van der Waals surface area contributed by atoms with Gasteiger partial charge in [-0.25, -0.2) is 9.18 Å². The molecule has 0 fully saturated rings. The van der Waals surface area contributed by atoms with Gasteiger partial charge in [-0.15, -0.1) is 6.58 Å². The third kappa shape index (κ3) is 2.67. The standard InChI is InChI=1S/C7H11FO3/c1-4-5(10-2)6(8)7(9)11-3/h4-6H,1H2,2-3H3. The van der Waals surface area contributed by atoms with Crippen LogP contribution in [0.3, 0.4) is 0 Å². The van der Waals surface area contributed by atoms with E-state index in [2.05, 4.69) is 16.1 Å². The molecule has 4 heteroatoms. The Labute approximate surface area is 64.8 Å². The van der Waals surface area contributed by atoms with Crippen molar-refractivity contribution in [2.45, 2.75) is 12.3 Å². The van der Waals surface area contributed by atoms with Crippen LogP contribution in [0.1, 0.15) is 0 Å². The maximum atomic E-state index is 12.8. The van der Waals surface area contributed by atoms with Crippen molar-refractivity contribution in [3.05, 3.63) is 12.7 Å². The molecule has 0 heterocycles. The predicted molar refractivity (Wildman–Crippen MR) is 37.9 cm³/mol. The Morgan fingerprint density at radius 1 is 1.64 bits per heavy atom. The summed E-state index contributed by atoms with van der Waals surface area (Å²) < 4.78 is 21.5. The van der Waals surface area contributed by atoms with E-state index in [4.69, 9.17) is 0 Å². The molecule has 0 saturated heterocycles. The van der Waals surface area contributed by atoms with Crippen molar-refractivity contribution in [1.82, 2.24) is 0 Å². The van der Waals surface area contributed by atoms with Crippen LogP contribution in [0.5, 0.6) is 0 Å². The van der Waals surface area contributed by atoms with Gasteiger partial charge in [-0.1, -0.05) is 6.08 Å². The fourth-order valence-electron chi connectivity index (χ4n) is 0.582. The Hall–Kier alpha value is -0.900. The van der Waals surface area contributed by atoms with Gasteiger partial charge in [0.15, 0.2) is 0 Å². The van der Waals surface area contributed by atoms with Crippen LogP contribution in [0, 0.1) is 0 Å². The first-order chi connectivity index (χ1) is 5.17. The van der Waals surface area contributed by atoms with Crippen LogP contribution in [-0.4, -0.2) is 32.5 Å².